The van der Waals surface area contributed by atoms with E-state index in [1.165, 1.54) is 6.08 Å². The SMILES string of the molecule is CC12CCC3C(CCC4=CC(O)=CC(=O)C43C)C1CCC2=NO. The number of hydrogen-bond donors (Lipinski definition) is 2. The highest BCUT2D eigenvalue weighted by molar-refractivity contribution is 5.99. The standard InChI is InChI=1S/C19H25NO3/c1-18-8-7-15-13(14(18)5-6-16(18)20-23)4-3-11-9-12(21)10-17(22)19(11,15)2/h9-10,13-15,21,23H,3-8H2,1-2H3. The summed E-state index contributed by atoms with van der Waals surface area (Å²) in [7, 11) is 0. The van der Waals surface area contributed by atoms with Crippen LogP contribution in [0.25, 0.3) is 0 Å². The summed E-state index contributed by atoms with van der Waals surface area (Å²) < 4.78 is 0. The Hall–Kier alpha value is -1.58. The van der Waals surface area contributed by atoms with E-state index in [1.807, 2.05) is 6.08 Å². The Morgan fingerprint density at radius 2 is 1.91 bits per heavy atom. The summed E-state index contributed by atoms with van der Waals surface area (Å²) in [6, 6.07) is 0. The smallest absolute Gasteiger partial charge is 0.169 e. The van der Waals surface area contributed by atoms with Crippen LogP contribution in [-0.4, -0.2) is 21.8 Å². The molecule has 4 rings (SSSR count). The molecule has 0 amide bonds. The molecule has 0 bridgehead atoms. The van der Waals surface area contributed by atoms with Crippen molar-refractivity contribution in [2.75, 3.05) is 0 Å². The molecule has 4 aliphatic rings. The summed E-state index contributed by atoms with van der Waals surface area (Å²) in [5, 5.41) is 22.8. The second-order valence-electron chi connectivity index (χ2n) is 8.26. The lowest BCUT2D eigenvalue weighted by Gasteiger charge is -2.55. The van der Waals surface area contributed by atoms with Crippen LogP contribution in [0.5, 0.6) is 0 Å². The summed E-state index contributed by atoms with van der Waals surface area (Å²) in [5.41, 5.74) is 1.63. The van der Waals surface area contributed by atoms with Crippen molar-refractivity contribution < 1.29 is 15.1 Å². The van der Waals surface area contributed by atoms with E-state index in [2.05, 4.69) is 19.0 Å². The van der Waals surface area contributed by atoms with Gasteiger partial charge in [0.05, 0.1) is 11.1 Å². The molecule has 0 saturated heterocycles. The predicted octanol–water partition coefficient (Wildman–Crippen LogP) is 4.01. The fourth-order valence-corrected chi connectivity index (χ4v) is 6.25. The van der Waals surface area contributed by atoms with Crippen LogP contribution >= 0.6 is 0 Å². The summed E-state index contributed by atoms with van der Waals surface area (Å²) in [6.07, 6.45) is 9.13. The van der Waals surface area contributed by atoms with Gasteiger partial charge >= 0.3 is 0 Å². The normalized spacial score (nSPS) is 47.5. The van der Waals surface area contributed by atoms with Gasteiger partial charge in [-0.05, 0) is 69.3 Å². The second kappa shape index (κ2) is 4.71. The Labute approximate surface area is 137 Å². The molecular formula is C19H25NO3. The number of aliphatic hydroxyl groups is 1. The van der Waals surface area contributed by atoms with Crippen LogP contribution < -0.4 is 0 Å². The highest BCUT2D eigenvalue weighted by Gasteiger charge is 2.60. The van der Waals surface area contributed by atoms with Gasteiger partial charge < -0.3 is 10.3 Å². The van der Waals surface area contributed by atoms with Gasteiger partial charge in [0.1, 0.15) is 5.76 Å². The van der Waals surface area contributed by atoms with Gasteiger partial charge in [0.2, 0.25) is 0 Å². The molecule has 0 aliphatic heterocycles. The van der Waals surface area contributed by atoms with Crippen molar-refractivity contribution in [2.45, 2.75) is 52.4 Å². The van der Waals surface area contributed by atoms with E-state index in [9.17, 15) is 15.1 Å². The minimum atomic E-state index is -0.449. The van der Waals surface area contributed by atoms with Crippen LogP contribution in [0.2, 0.25) is 0 Å². The van der Waals surface area contributed by atoms with Crippen molar-refractivity contribution in [3.8, 4) is 0 Å². The number of ketones is 1. The molecule has 5 unspecified atom stereocenters. The first-order valence-corrected chi connectivity index (χ1v) is 8.79. The Balaban J connectivity index is 1.73. The summed E-state index contributed by atoms with van der Waals surface area (Å²) in [4.78, 5) is 12.8. The Kier molecular flexibility index (Phi) is 3.07. The molecule has 4 aliphatic carbocycles. The Morgan fingerprint density at radius 1 is 1.13 bits per heavy atom. The van der Waals surface area contributed by atoms with E-state index in [-0.39, 0.29) is 17.0 Å². The summed E-state index contributed by atoms with van der Waals surface area (Å²) >= 11 is 0. The molecule has 3 fully saturated rings. The molecule has 4 nitrogen and oxygen atoms in total. The zero-order valence-electron chi connectivity index (χ0n) is 13.9. The van der Waals surface area contributed by atoms with E-state index < -0.39 is 5.41 Å². The molecule has 0 aromatic heterocycles. The maximum atomic E-state index is 12.8. The molecule has 3 saturated carbocycles. The Morgan fingerprint density at radius 3 is 2.65 bits per heavy atom. The van der Waals surface area contributed by atoms with Crippen molar-refractivity contribution in [1.29, 1.82) is 0 Å². The first kappa shape index (κ1) is 15.0. The van der Waals surface area contributed by atoms with Crippen molar-refractivity contribution >= 4 is 11.5 Å². The van der Waals surface area contributed by atoms with Crippen molar-refractivity contribution in [2.24, 2.45) is 33.7 Å². The molecule has 0 spiro atoms. The maximum Gasteiger partial charge on any atom is 0.169 e. The van der Waals surface area contributed by atoms with Crippen LogP contribution in [0.15, 0.2) is 28.6 Å². The lowest BCUT2D eigenvalue weighted by Crippen LogP contribution is -2.52. The number of fused-ring (bicyclic) bond motifs is 5. The van der Waals surface area contributed by atoms with Gasteiger partial charge in [0, 0.05) is 11.5 Å². The van der Waals surface area contributed by atoms with E-state index in [1.54, 1.807) is 0 Å². The average molecular weight is 315 g/mol. The highest BCUT2D eigenvalue weighted by atomic mass is 16.4. The number of aliphatic hydroxyl groups excluding tert-OH is 1. The van der Waals surface area contributed by atoms with Gasteiger partial charge in [-0.25, -0.2) is 0 Å². The topological polar surface area (TPSA) is 69.9 Å². The minimum Gasteiger partial charge on any atom is -0.508 e. The largest absolute Gasteiger partial charge is 0.508 e. The summed E-state index contributed by atoms with van der Waals surface area (Å²) in [5.74, 6) is 1.54. The maximum absolute atomic E-state index is 12.8. The molecule has 23 heavy (non-hydrogen) atoms. The van der Waals surface area contributed by atoms with E-state index in [0.29, 0.717) is 17.8 Å². The monoisotopic (exact) mass is 315 g/mol. The minimum absolute atomic E-state index is 0.00316. The molecule has 0 aromatic rings. The number of rotatable bonds is 0. The third-order valence-electron chi connectivity index (χ3n) is 7.57. The van der Waals surface area contributed by atoms with Crippen LogP contribution in [0.4, 0.5) is 0 Å². The first-order valence-electron chi connectivity index (χ1n) is 8.79. The van der Waals surface area contributed by atoms with Crippen molar-refractivity contribution in [3.05, 3.63) is 23.5 Å². The molecule has 5 atom stereocenters. The third-order valence-corrected chi connectivity index (χ3v) is 7.57. The molecule has 124 valence electrons. The van der Waals surface area contributed by atoms with Crippen molar-refractivity contribution in [1.82, 2.24) is 0 Å². The van der Waals surface area contributed by atoms with Gasteiger partial charge in [-0.2, -0.15) is 0 Å². The molecule has 4 heteroatoms. The molecule has 2 N–H and O–H groups in total. The predicted molar refractivity (Wildman–Crippen MR) is 87.4 cm³/mol. The number of allylic oxidation sites excluding steroid dienone is 3. The van der Waals surface area contributed by atoms with E-state index in [4.69, 9.17) is 0 Å². The van der Waals surface area contributed by atoms with Crippen LogP contribution in [0.3, 0.4) is 0 Å². The third kappa shape index (κ3) is 1.78. The lowest BCUT2D eigenvalue weighted by atomic mass is 9.47. The van der Waals surface area contributed by atoms with Gasteiger partial charge in [0.15, 0.2) is 5.78 Å². The van der Waals surface area contributed by atoms with Gasteiger partial charge in [0.25, 0.3) is 0 Å². The quantitative estimate of drug-likeness (QED) is 0.524. The number of oxime groups is 1. The van der Waals surface area contributed by atoms with E-state index >= 15 is 0 Å². The fraction of sp³-hybridized carbons (Fsp3) is 0.684. The van der Waals surface area contributed by atoms with Gasteiger partial charge in [-0.15, -0.1) is 0 Å². The van der Waals surface area contributed by atoms with Crippen LogP contribution in [0, 0.1) is 28.6 Å². The van der Waals surface area contributed by atoms with Crippen LogP contribution in [0.1, 0.15) is 52.4 Å². The highest BCUT2D eigenvalue weighted by Crippen LogP contribution is 2.63. The van der Waals surface area contributed by atoms with Gasteiger partial charge in [-0.1, -0.05) is 17.7 Å². The second-order valence-corrected chi connectivity index (χ2v) is 8.26. The fourth-order valence-electron chi connectivity index (χ4n) is 6.25. The van der Waals surface area contributed by atoms with Crippen molar-refractivity contribution in [3.63, 3.8) is 0 Å². The number of nitrogens with zero attached hydrogens (tertiary/aromatic N) is 1. The number of carbonyl (C=O) groups is 1. The lowest BCUT2D eigenvalue weighted by molar-refractivity contribution is -0.130. The number of carbonyl (C=O) groups excluding carboxylic acids is 1. The molecule has 0 aromatic carbocycles. The van der Waals surface area contributed by atoms with Gasteiger partial charge in [-0.3, -0.25) is 4.79 Å². The molecule has 0 heterocycles. The van der Waals surface area contributed by atoms with E-state index in [0.717, 1.165) is 49.8 Å². The first-order chi connectivity index (χ1) is 10.9. The average Bonchev–Trinajstić information content (AvgIpc) is 2.85. The zero-order chi connectivity index (χ0) is 16.4. The number of hydrogen-bond acceptors (Lipinski definition) is 4. The molecular weight excluding hydrogens is 290 g/mol. The zero-order valence-corrected chi connectivity index (χ0v) is 13.9. The molecule has 0 radical (unpaired) electrons. The summed E-state index contributed by atoms with van der Waals surface area (Å²) in [6.45, 7) is 4.33. The van der Waals surface area contributed by atoms with Crippen LogP contribution in [-0.2, 0) is 4.79 Å². The Bertz CT molecular complexity index is 662.